The fourth-order valence-corrected chi connectivity index (χ4v) is 4.44. The van der Waals surface area contributed by atoms with E-state index < -0.39 is 17.7 Å². The average Bonchev–Trinajstić information content (AvgIpc) is 3.14. The van der Waals surface area contributed by atoms with Gasteiger partial charge in [-0.2, -0.15) is 0 Å². The molecular formula is C29H30N2O4. The van der Waals surface area contributed by atoms with E-state index in [9.17, 15) is 14.7 Å². The minimum Gasteiger partial charge on any atom is -0.507 e. The zero-order valence-corrected chi connectivity index (χ0v) is 20.5. The van der Waals surface area contributed by atoms with Gasteiger partial charge < -0.3 is 9.84 Å². The van der Waals surface area contributed by atoms with Gasteiger partial charge in [-0.15, -0.1) is 0 Å². The second-order valence-corrected chi connectivity index (χ2v) is 8.81. The number of aromatic nitrogens is 1. The molecule has 3 aromatic rings. The second-order valence-electron chi connectivity index (χ2n) is 8.81. The van der Waals surface area contributed by atoms with Crippen LogP contribution in [0.3, 0.4) is 0 Å². The van der Waals surface area contributed by atoms with Crippen molar-refractivity contribution in [2.24, 2.45) is 0 Å². The van der Waals surface area contributed by atoms with Gasteiger partial charge in [0.1, 0.15) is 11.5 Å². The lowest BCUT2D eigenvalue weighted by Gasteiger charge is -2.25. The molecule has 1 atom stereocenters. The molecule has 1 fully saturated rings. The molecule has 2 aromatic carbocycles. The van der Waals surface area contributed by atoms with E-state index in [-0.39, 0.29) is 17.3 Å². The highest BCUT2D eigenvalue weighted by molar-refractivity contribution is 6.51. The highest BCUT2D eigenvalue weighted by Gasteiger charge is 2.47. The fourth-order valence-electron chi connectivity index (χ4n) is 4.44. The Balaban J connectivity index is 1.90. The molecule has 1 saturated heterocycles. The number of ketones is 1. The van der Waals surface area contributed by atoms with Crippen LogP contribution in [0.15, 0.2) is 72.6 Å². The predicted molar refractivity (Wildman–Crippen MR) is 137 cm³/mol. The first kappa shape index (κ1) is 24.2. The SMILES string of the molecule is CCOc1ccc(/C(O)=C2/C(=O)C(=O)N(c3ccc(CC)cc3)C2c2ccncc2)cc1C(C)C. The topological polar surface area (TPSA) is 79.7 Å². The molecule has 2 heterocycles. The van der Waals surface area contributed by atoms with Crippen molar-refractivity contribution in [3.63, 3.8) is 0 Å². The summed E-state index contributed by atoms with van der Waals surface area (Å²) in [5.74, 6) is -0.722. The summed E-state index contributed by atoms with van der Waals surface area (Å²) in [4.78, 5) is 32.2. The zero-order chi connectivity index (χ0) is 25.1. The van der Waals surface area contributed by atoms with Gasteiger partial charge >= 0.3 is 0 Å². The number of anilines is 1. The number of hydrogen-bond acceptors (Lipinski definition) is 5. The number of Topliss-reactive ketones (excluding diaryl/α,β-unsaturated/α-hetero) is 1. The van der Waals surface area contributed by atoms with E-state index in [1.807, 2.05) is 51.1 Å². The van der Waals surface area contributed by atoms with E-state index in [4.69, 9.17) is 4.74 Å². The number of carbonyl (C=O) groups excluding carboxylic acids is 2. The lowest BCUT2D eigenvalue weighted by molar-refractivity contribution is -0.132. The van der Waals surface area contributed by atoms with Crippen LogP contribution in [0, 0.1) is 0 Å². The zero-order valence-electron chi connectivity index (χ0n) is 20.5. The van der Waals surface area contributed by atoms with Crippen molar-refractivity contribution in [3.05, 3.63) is 94.8 Å². The smallest absolute Gasteiger partial charge is 0.300 e. The minimum absolute atomic E-state index is 0.0552. The van der Waals surface area contributed by atoms with Gasteiger partial charge in [-0.1, -0.05) is 32.9 Å². The Kier molecular flexibility index (Phi) is 7.01. The van der Waals surface area contributed by atoms with Crippen LogP contribution in [0.4, 0.5) is 5.69 Å². The van der Waals surface area contributed by atoms with Crippen LogP contribution in [0.25, 0.3) is 5.76 Å². The van der Waals surface area contributed by atoms with Crippen molar-refractivity contribution in [2.45, 2.75) is 46.1 Å². The standard InChI is InChI=1S/C29H30N2O4/c1-5-19-7-10-22(11-8-19)31-26(20-13-15-30-16-14-20)25(28(33)29(31)34)27(32)21-9-12-24(35-6-2)23(17-21)18(3)4/h7-18,26,32H,5-6H2,1-4H3/b27-25-. The van der Waals surface area contributed by atoms with Gasteiger partial charge in [-0.25, -0.2) is 0 Å². The molecule has 0 spiro atoms. The fraction of sp³-hybridized carbons (Fsp3) is 0.276. The predicted octanol–water partition coefficient (Wildman–Crippen LogP) is 5.79. The number of aryl methyl sites for hydroxylation is 1. The molecule has 1 amide bonds. The van der Waals surface area contributed by atoms with Gasteiger partial charge in [0, 0.05) is 23.6 Å². The van der Waals surface area contributed by atoms with Crippen molar-refractivity contribution >= 4 is 23.1 Å². The van der Waals surface area contributed by atoms with Crippen molar-refractivity contribution < 1.29 is 19.4 Å². The number of amides is 1. The summed E-state index contributed by atoms with van der Waals surface area (Å²) < 4.78 is 5.75. The monoisotopic (exact) mass is 470 g/mol. The Hall–Kier alpha value is -3.93. The third kappa shape index (κ3) is 4.56. The van der Waals surface area contributed by atoms with Crippen LogP contribution in [-0.4, -0.2) is 28.4 Å². The Bertz CT molecular complexity index is 1260. The number of rotatable bonds is 7. The third-order valence-corrected chi connectivity index (χ3v) is 6.29. The van der Waals surface area contributed by atoms with Crippen LogP contribution < -0.4 is 9.64 Å². The molecule has 0 saturated carbocycles. The van der Waals surface area contributed by atoms with Crippen molar-refractivity contribution in [2.75, 3.05) is 11.5 Å². The van der Waals surface area contributed by atoms with E-state index in [0.717, 1.165) is 23.3 Å². The molecule has 1 aliphatic rings. The van der Waals surface area contributed by atoms with E-state index in [0.29, 0.717) is 23.4 Å². The van der Waals surface area contributed by atoms with E-state index in [2.05, 4.69) is 11.9 Å². The molecule has 0 radical (unpaired) electrons. The van der Waals surface area contributed by atoms with Crippen LogP contribution >= 0.6 is 0 Å². The summed E-state index contributed by atoms with van der Waals surface area (Å²) in [6.07, 6.45) is 4.09. The van der Waals surface area contributed by atoms with Crippen molar-refractivity contribution in [1.29, 1.82) is 0 Å². The molecule has 4 rings (SSSR count). The maximum atomic E-state index is 13.3. The summed E-state index contributed by atoms with van der Waals surface area (Å²) in [5.41, 5.74) is 3.85. The molecule has 1 aromatic heterocycles. The average molecular weight is 471 g/mol. The lowest BCUT2D eigenvalue weighted by atomic mass is 9.93. The molecule has 1 N–H and O–H groups in total. The van der Waals surface area contributed by atoms with E-state index in [1.54, 1.807) is 36.7 Å². The number of aliphatic hydroxyl groups excluding tert-OH is 1. The largest absolute Gasteiger partial charge is 0.507 e. The Morgan fingerprint density at radius 3 is 2.31 bits per heavy atom. The molecule has 6 nitrogen and oxygen atoms in total. The van der Waals surface area contributed by atoms with E-state index in [1.165, 1.54) is 4.90 Å². The lowest BCUT2D eigenvalue weighted by Crippen LogP contribution is -2.29. The molecule has 35 heavy (non-hydrogen) atoms. The van der Waals surface area contributed by atoms with Gasteiger partial charge in [-0.3, -0.25) is 19.5 Å². The van der Waals surface area contributed by atoms with Gasteiger partial charge in [-0.05, 0) is 78.4 Å². The van der Waals surface area contributed by atoms with Crippen LogP contribution in [0.2, 0.25) is 0 Å². The van der Waals surface area contributed by atoms with E-state index >= 15 is 0 Å². The molecule has 180 valence electrons. The number of pyridine rings is 1. The van der Waals surface area contributed by atoms with Gasteiger partial charge in [0.15, 0.2) is 0 Å². The van der Waals surface area contributed by atoms with Crippen LogP contribution in [-0.2, 0) is 16.0 Å². The molecule has 1 unspecified atom stereocenters. The highest BCUT2D eigenvalue weighted by Crippen LogP contribution is 2.42. The second kappa shape index (κ2) is 10.1. The van der Waals surface area contributed by atoms with Gasteiger partial charge in [0.2, 0.25) is 0 Å². The molecule has 1 aliphatic heterocycles. The van der Waals surface area contributed by atoms with Crippen molar-refractivity contribution in [1.82, 2.24) is 4.98 Å². The Morgan fingerprint density at radius 1 is 1.03 bits per heavy atom. The summed E-state index contributed by atoms with van der Waals surface area (Å²) >= 11 is 0. The van der Waals surface area contributed by atoms with Gasteiger partial charge in [0.25, 0.3) is 11.7 Å². The summed E-state index contributed by atoms with van der Waals surface area (Å²) in [5, 5.41) is 11.4. The normalized spacial score (nSPS) is 17.3. The molecule has 0 bridgehead atoms. The maximum absolute atomic E-state index is 13.3. The summed E-state index contributed by atoms with van der Waals surface area (Å²) in [6, 6.07) is 15.7. The summed E-state index contributed by atoms with van der Waals surface area (Å²) in [7, 11) is 0. The minimum atomic E-state index is -0.778. The molecular weight excluding hydrogens is 440 g/mol. The number of ether oxygens (including phenoxy) is 1. The maximum Gasteiger partial charge on any atom is 0.300 e. The summed E-state index contributed by atoms with van der Waals surface area (Å²) in [6.45, 7) is 8.58. The number of nitrogens with zero attached hydrogens (tertiary/aromatic N) is 2. The van der Waals surface area contributed by atoms with Crippen molar-refractivity contribution in [3.8, 4) is 5.75 Å². The Labute approximate surface area is 205 Å². The number of hydrogen-bond donors (Lipinski definition) is 1. The first-order chi connectivity index (χ1) is 16.9. The molecule has 0 aliphatic carbocycles. The third-order valence-electron chi connectivity index (χ3n) is 6.29. The number of aliphatic hydroxyl groups is 1. The quantitative estimate of drug-likeness (QED) is 0.268. The van der Waals surface area contributed by atoms with Crippen LogP contribution in [0.1, 0.15) is 61.9 Å². The molecule has 6 heteroatoms. The van der Waals surface area contributed by atoms with Gasteiger partial charge in [0.05, 0.1) is 18.2 Å². The number of benzene rings is 2. The first-order valence-corrected chi connectivity index (χ1v) is 11.9. The highest BCUT2D eigenvalue weighted by atomic mass is 16.5. The number of carbonyl (C=O) groups is 2. The van der Waals surface area contributed by atoms with Crippen LogP contribution in [0.5, 0.6) is 5.75 Å². The first-order valence-electron chi connectivity index (χ1n) is 11.9. The Morgan fingerprint density at radius 2 is 1.71 bits per heavy atom.